The lowest BCUT2D eigenvalue weighted by atomic mass is 9.91. The van der Waals surface area contributed by atoms with Crippen LogP contribution in [0.15, 0.2) is 24.3 Å². The second-order valence-electron chi connectivity index (χ2n) is 7.79. The summed E-state index contributed by atoms with van der Waals surface area (Å²) in [5, 5.41) is 6.45. The van der Waals surface area contributed by atoms with E-state index in [1.54, 1.807) is 0 Å². The normalized spacial score (nSPS) is 21.7. The number of nitrogens with zero attached hydrogens (tertiary/aromatic N) is 1. The highest BCUT2D eigenvalue weighted by molar-refractivity contribution is 5.94. The van der Waals surface area contributed by atoms with Crippen LogP contribution >= 0.6 is 0 Å². The molecule has 2 aliphatic rings. The van der Waals surface area contributed by atoms with Crippen LogP contribution < -0.4 is 16.4 Å². The monoisotopic (exact) mass is 372 g/mol. The molecule has 6 nitrogen and oxygen atoms in total. The lowest BCUT2D eigenvalue weighted by molar-refractivity contribution is -0.123. The Morgan fingerprint density at radius 2 is 1.89 bits per heavy atom. The molecule has 2 amide bonds. The summed E-state index contributed by atoms with van der Waals surface area (Å²) in [5.74, 6) is 0.423. The van der Waals surface area contributed by atoms with Crippen LogP contribution in [0.25, 0.3) is 0 Å². The van der Waals surface area contributed by atoms with Gasteiger partial charge in [0.1, 0.15) is 0 Å². The van der Waals surface area contributed by atoms with E-state index in [0.29, 0.717) is 12.5 Å². The van der Waals surface area contributed by atoms with Crippen LogP contribution in [-0.2, 0) is 4.79 Å². The first-order valence-corrected chi connectivity index (χ1v) is 10.2. The fraction of sp³-hybridized carbons (Fsp3) is 0.619. The minimum absolute atomic E-state index is 0.00393. The van der Waals surface area contributed by atoms with E-state index < -0.39 is 0 Å². The molecule has 0 spiro atoms. The topological polar surface area (TPSA) is 87.5 Å². The number of amides is 2. The van der Waals surface area contributed by atoms with Crippen molar-refractivity contribution in [2.75, 3.05) is 39.3 Å². The lowest BCUT2D eigenvalue weighted by Crippen LogP contribution is -2.39. The zero-order chi connectivity index (χ0) is 19.1. The number of hydrogen-bond acceptors (Lipinski definition) is 4. The Morgan fingerprint density at radius 1 is 1.15 bits per heavy atom. The van der Waals surface area contributed by atoms with Gasteiger partial charge in [0.05, 0.1) is 0 Å². The van der Waals surface area contributed by atoms with Crippen molar-refractivity contribution in [3.05, 3.63) is 35.4 Å². The Labute approximate surface area is 161 Å². The Balaban J connectivity index is 1.35. The van der Waals surface area contributed by atoms with Gasteiger partial charge in [-0.3, -0.25) is 9.59 Å². The molecule has 0 aromatic heterocycles. The second-order valence-corrected chi connectivity index (χ2v) is 7.79. The molecule has 27 heavy (non-hydrogen) atoms. The van der Waals surface area contributed by atoms with Gasteiger partial charge in [0.25, 0.3) is 5.91 Å². The third-order valence-corrected chi connectivity index (χ3v) is 5.87. The maximum absolute atomic E-state index is 12.3. The number of benzene rings is 1. The van der Waals surface area contributed by atoms with Crippen molar-refractivity contribution in [1.82, 2.24) is 15.5 Å². The van der Waals surface area contributed by atoms with Crippen molar-refractivity contribution < 1.29 is 9.59 Å². The van der Waals surface area contributed by atoms with Crippen LogP contribution in [0.3, 0.4) is 0 Å². The summed E-state index contributed by atoms with van der Waals surface area (Å²) in [7, 11) is 0. The Morgan fingerprint density at radius 3 is 2.52 bits per heavy atom. The molecule has 2 aliphatic heterocycles. The summed E-state index contributed by atoms with van der Waals surface area (Å²) in [6.07, 6.45) is 5.05. The smallest absolute Gasteiger partial charge is 0.251 e. The van der Waals surface area contributed by atoms with Crippen molar-refractivity contribution in [3.63, 3.8) is 0 Å². The maximum atomic E-state index is 12.3. The quantitative estimate of drug-likeness (QED) is 0.633. The highest BCUT2D eigenvalue weighted by Gasteiger charge is 2.22. The number of nitrogens with two attached hydrogens (primary N) is 1. The van der Waals surface area contributed by atoms with E-state index in [-0.39, 0.29) is 17.7 Å². The highest BCUT2D eigenvalue weighted by Crippen LogP contribution is 2.23. The maximum Gasteiger partial charge on any atom is 0.251 e. The van der Waals surface area contributed by atoms with Crippen LogP contribution in [0.2, 0.25) is 0 Å². The van der Waals surface area contributed by atoms with Crippen LogP contribution in [0, 0.1) is 5.92 Å². The third-order valence-electron chi connectivity index (χ3n) is 5.87. The van der Waals surface area contributed by atoms with Gasteiger partial charge in [0, 0.05) is 24.6 Å². The number of primary amides is 1. The van der Waals surface area contributed by atoms with E-state index in [1.165, 1.54) is 18.4 Å². The van der Waals surface area contributed by atoms with Gasteiger partial charge in [-0.25, -0.2) is 0 Å². The predicted molar refractivity (Wildman–Crippen MR) is 107 cm³/mol. The number of likely N-dealkylation sites (tertiary alicyclic amines) is 1. The standard InChI is InChI=1S/C21H32N4O2/c22-20(26)17-8-13-25(14-9-17)12-2-11-24-21(27)18-6-4-16(5-7-18)19-3-1-10-23-15-19/h4-7,17,19,23H,1-3,8-15H2,(H2,22,26)(H,24,27)/t19-/m0/s1. The van der Waals surface area contributed by atoms with E-state index in [2.05, 4.69) is 27.7 Å². The largest absolute Gasteiger partial charge is 0.369 e. The van der Waals surface area contributed by atoms with Gasteiger partial charge in [-0.15, -0.1) is 0 Å². The molecular formula is C21H32N4O2. The van der Waals surface area contributed by atoms with Crippen molar-refractivity contribution in [2.24, 2.45) is 11.7 Å². The average Bonchev–Trinajstić information content (AvgIpc) is 2.72. The number of hydrogen-bond donors (Lipinski definition) is 3. The van der Waals surface area contributed by atoms with Crippen molar-refractivity contribution in [2.45, 2.75) is 38.0 Å². The zero-order valence-corrected chi connectivity index (χ0v) is 16.1. The lowest BCUT2D eigenvalue weighted by Gasteiger charge is -2.30. The van der Waals surface area contributed by atoms with Crippen molar-refractivity contribution in [1.29, 1.82) is 0 Å². The average molecular weight is 373 g/mol. The van der Waals surface area contributed by atoms with E-state index >= 15 is 0 Å². The molecule has 0 aliphatic carbocycles. The summed E-state index contributed by atoms with van der Waals surface area (Å²) in [4.78, 5) is 25.9. The molecule has 3 rings (SSSR count). The first-order chi connectivity index (χ1) is 13.1. The Hall–Kier alpha value is -1.92. The molecule has 4 N–H and O–H groups in total. The van der Waals surface area contributed by atoms with Crippen LogP contribution in [-0.4, -0.2) is 56.0 Å². The SMILES string of the molecule is NC(=O)C1CCN(CCCNC(=O)c2ccc([C@H]3CCCNC3)cc2)CC1. The summed E-state index contributed by atoms with van der Waals surface area (Å²) in [6, 6.07) is 8.06. The molecule has 0 saturated carbocycles. The number of carbonyl (C=O) groups is 2. The van der Waals surface area contributed by atoms with Gasteiger partial charge in [0.15, 0.2) is 0 Å². The van der Waals surface area contributed by atoms with E-state index in [9.17, 15) is 9.59 Å². The molecule has 0 bridgehead atoms. The first-order valence-electron chi connectivity index (χ1n) is 10.2. The third kappa shape index (κ3) is 5.78. The number of piperidine rings is 2. The molecule has 1 aromatic carbocycles. The van der Waals surface area contributed by atoms with E-state index in [0.717, 1.165) is 57.5 Å². The van der Waals surface area contributed by atoms with Gasteiger partial charge < -0.3 is 21.3 Å². The van der Waals surface area contributed by atoms with Crippen molar-refractivity contribution in [3.8, 4) is 0 Å². The molecule has 6 heteroatoms. The first kappa shape index (κ1) is 19.8. The van der Waals surface area contributed by atoms with Crippen LogP contribution in [0.4, 0.5) is 0 Å². The molecule has 1 aromatic rings. The minimum Gasteiger partial charge on any atom is -0.369 e. The second kappa shape index (κ2) is 9.85. The number of nitrogens with one attached hydrogen (secondary N) is 2. The molecule has 2 fully saturated rings. The Bertz CT molecular complexity index is 618. The van der Waals surface area contributed by atoms with Gasteiger partial charge in [-0.1, -0.05) is 12.1 Å². The predicted octanol–water partition coefficient (Wildman–Crippen LogP) is 1.47. The molecular weight excluding hydrogens is 340 g/mol. The van der Waals surface area contributed by atoms with Crippen LogP contribution in [0.5, 0.6) is 0 Å². The molecule has 0 unspecified atom stereocenters. The highest BCUT2D eigenvalue weighted by atomic mass is 16.2. The Kier molecular flexibility index (Phi) is 7.24. The van der Waals surface area contributed by atoms with Gasteiger partial charge in [-0.05, 0) is 81.9 Å². The van der Waals surface area contributed by atoms with Gasteiger partial charge in [-0.2, -0.15) is 0 Å². The number of rotatable bonds is 7. The summed E-state index contributed by atoms with van der Waals surface area (Å²) >= 11 is 0. The van der Waals surface area contributed by atoms with E-state index in [1.807, 2.05) is 12.1 Å². The fourth-order valence-electron chi connectivity index (χ4n) is 4.09. The van der Waals surface area contributed by atoms with Crippen molar-refractivity contribution >= 4 is 11.8 Å². The molecule has 1 atom stereocenters. The summed E-state index contributed by atoms with van der Waals surface area (Å²) in [5.41, 5.74) is 7.41. The molecule has 0 radical (unpaired) electrons. The van der Waals surface area contributed by atoms with Gasteiger partial charge >= 0.3 is 0 Å². The number of carbonyl (C=O) groups excluding carboxylic acids is 2. The fourth-order valence-corrected chi connectivity index (χ4v) is 4.09. The van der Waals surface area contributed by atoms with Crippen LogP contribution in [0.1, 0.15) is 53.9 Å². The summed E-state index contributed by atoms with van der Waals surface area (Å²) in [6.45, 7) is 5.59. The summed E-state index contributed by atoms with van der Waals surface area (Å²) < 4.78 is 0. The molecule has 2 heterocycles. The minimum atomic E-state index is -0.173. The molecule has 2 saturated heterocycles. The zero-order valence-electron chi connectivity index (χ0n) is 16.1. The van der Waals surface area contributed by atoms with E-state index in [4.69, 9.17) is 5.73 Å². The molecule has 148 valence electrons. The van der Waals surface area contributed by atoms with Gasteiger partial charge in [0.2, 0.25) is 5.91 Å².